The van der Waals surface area contributed by atoms with E-state index in [1.165, 1.54) is 24.0 Å². The highest BCUT2D eigenvalue weighted by molar-refractivity contribution is 5.85. The molecule has 0 spiro atoms. The molecule has 1 aromatic rings. The Morgan fingerprint density at radius 2 is 2.11 bits per heavy atom. The molecule has 0 aliphatic heterocycles. The van der Waals surface area contributed by atoms with Crippen molar-refractivity contribution in [3.05, 3.63) is 35.9 Å². The Morgan fingerprint density at radius 3 is 2.78 bits per heavy atom. The van der Waals surface area contributed by atoms with E-state index in [9.17, 15) is 5.11 Å². The van der Waals surface area contributed by atoms with Gasteiger partial charge in [0.05, 0.1) is 0 Å². The first-order valence-electron chi connectivity index (χ1n) is 6.31. The fourth-order valence-electron chi connectivity index (χ4n) is 2.61. The number of halogens is 1. The van der Waals surface area contributed by atoms with E-state index < -0.39 is 0 Å². The summed E-state index contributed by atoms with van der Waals surface area (Å²) in [4.78, 5) is 2.24. The highest BCUT2D eigenvalue weighted by Crippen LogP contribution is 2.33. The van der Waals surface area contributed by atoms with Crippen molar-refractivity contribution in [2.75, 3.05) is 20.6 Å². The predicted molar refractivity (Wildman–Crippen MR) is 79.2 cm³/mol. The van der Waals surface area contributed by atoms with Crippen molar-refractivity contribution < 1.29 is 5.11 Å². The fourth-order valence-corrected chi connectivity index (χ4v) is 2.61. The molecule has 0 aromatic heterocycles. The summed E-state index contributed by atoms with van der Waals surface area (Å²) in [6, 6.07) is 7.63. The Hall–Kier alpha value is -0.990. The van der Waals surface area contributed by atoms with Crippen LogP contribution in [-0.2, 0) is 0 Å². The molecular formula is C15H22ClNO. The van der Waals surface area contributed by atoms with Crippen molar-refractivity contribution in [1.82, 2.24) is 4.90 Å². The van der Waals surface area contributed by atoms with Crippen LogP contribution in [0.25, 0.3) is 5.57 Å². The smallest absolute Gasteiger partial charge is 0.116 e. The summed E-state index contributed by atoms with van der Waals surface area (Å²) in [5, 5.41) is 9.57. The van der Waals surface area contributed by atoms with Gasteiger partial charge in [-0.25, -0.2) is 0 Å². The monoisotopic (exact) mass is 267 g/mol. The van der Waals surface area contributed by atoms with Crippen molar-refractivity contribution in [2.24, 2.45) is 5.92 Å². The largest absolute Gasteiger partial charge is 0.508 e. The average Bonchev–Trinajstić information content (AvgIpc) is 2.29. The van der Waals surface area contributed by atoms with Gasteiger partial charge in [-0.3, -0.25) is 0 Å². The first-order chi connectivity index (χ1) is 8.16. The van der Waals surface area contributed by atoms with E-state index in [1.807, 2.05) is 12.1 Å². The lowest BCUT2D eigenvalue weighted by molar-refractivity contribution is 0.346. The van der Waals surface area contributed by atoms with Crippen molar-refractivity contribution in [2.45, 2.75) is 19.3 Å². The zero-order valence-electron chi connectivity index (χ0n) is 11.1. The van der Waals surface area contributed by atoms with Crippen LogP contribution in [0.2, 0.25) is 0 Å². The minimum atomic E-state index is 0. The fraction of sp³-hybridized carbons (Fsp3) is 0.467. The molecule has 3 heteroatoms. The molecule has 0 radical (unpaired) electrons. The van der Waals surface area contributed by atoms with E-state index in [1.54, 1.807) is 6.07 Å². The molecule has 100 valence electrons. The van der Waals surface area contributed by atoms with Gasteiger partial charge >= 0.3 is 0 Å². The number of phenols is 1. The van der Waals surface area contributed by atoms with Gasteiger partial charge in [-0.1, -0.05) is 18.2 Å². The van der Waals surface area contributed by atoms with Gasteiger partial charge in [-0.15, -0.1) is 12.4 Å². The van der Waals surface area contributed by atoms with E-state index in [2.05, 4.69) is 31.1 Å². The van der Waals surface area contributed by atoms with Crippen LogP contribution in [-0.4, -0.2) is 30.6 Å². The molecule has 0 amide bonds. The van der Waals surface area contributed by atoms with Gasteiger partial charge in [-0.2, -0.15) is 0 Å². The van der Waals surface area contributed by atoms with Crippen LogP contribution in [0.1, 0.15) is 24.8 Å². The normalized spacial score (nSPS) is 19.3. The lowest BCUT2D eigenvalue weighted by Crippen LogP contribution is -2.24. The number of rotatable bonds is 3. The van der Waals surface area contributed by atoms with E-state index in [0.717, 1.165) is 13.0 Å². The average molecular weight is 268 g/mol. The van der Waals surface area contributed by atoms with Gasteiger partial charge in [0.25, 0.3) is 0 Å². The van der Waals surface area contributed by atoms with Crippen molar-refractivity contribution in [1.29, 1.82) is 0 Å². The molecule has 0 fully saturated rings. The number of allylic oxidation sites excluding steroid dienone is 1. The molecule has 1 atom stereocenters. The minimum Gasteiger partial charge on any atom is -0.508 e. The third-order valence-electron chi connectivity index (χ3n) is 3.33. The Morgan fingerprint density at radius 1 is 1.33 bits per heavy atom. The highest BCUT2D eigenvalue weighted by atomic mass is 35.5. The Labute approximate surface area is 116 Å². The molecule has 1 aromatic carbocycles. The van der Waals surface area contributed by atoms with E-state index >= 15 is 0 Å². The standard InChI is InChI=1S/C15H21NO.ClH/c1-16(2)11-13-6-3-4-9-15(13)12-7-5-8-14(17)10-12;/h5,7-10,13,17H,3-4,6,11H2,1-2H3;1H/t13-;/m0./s1. The third kappa shape index (κ3) is 3.76. The second-order valence-electron chi connectivity index (χ2n) is 5.10. The van der Waals surface area contributed by atoms with Gasteiger partial charge in [0, 0.05) is 6.54 Å². The lowest BCUT2D eigenvalue weighted by Gasteiger charge is -2.27. The van der Waals surface area contributed by atoms with Gasteiger partial charge < -0.3 is 10.0 Å². The topological polar surface area (TPSA) is 23.5 Å². The predicted octanol–water partition coefficient (Wildman–Crippen LogP) is 3.56. The molecule has 0 saturated carbocycles. The van der Waals surface area contributed by atoms with E-state index in [4.69, 9.17) is 0 Å². The molecule has 0 heterocycles. The summed E-state index contributed by atoms with van der Waals surface area (Å²) in [7, 11) is 4.24. The van der Waals surface area contributed by atoms with Crippen LogP contribution in [0.15, 0.2) is 30.3 Å². The molecule has 1 N–H and O–H groups in total. The number of hydrogen-bond acceptors (Lipinski definition) is 2. The van der Waals surface area contributed by atoms with Crippen LogP contribution in [0.4, 0.5) is 0 Å². The van der Waals surface area contributed by atoms with Crippen LogP contribution >= 0.6 is 12.4 Å². The van der Waals surface area contributed by atoms with Crippen molar-refractivity contribution in [3.8, 4) is 5.75 Å². The van der Waals surface area contributed by atoms with E-state index in [-0.39, 0.29) is 12.4 Å². The maximum absolute atomic E-state index is 9.57. The molecule has 0 unspecified atom stereocenters. The molecule has 18 heavy (non-hydrogen) atoms. The quantitative estimate of drug-likeness (QED) is 0.905. The molecule has 1 aliphatic carbocycles. The number of nitrogens with zero attached hydrogens (tertiary/aromatic N) is 1. The number of hydrogen-bond donors (Lipinski definition) is 1. The van der Waals surface area contributed by atoms with Crippen molar-refractivity contribution in [3.63, 3.8) is 0 Å². The first kappa shape index (κ1) is 15.1. The van der Waals surface area contributed by atoms with Crippen LogP contribution < -0.4 is 0 Å². The first-order valence-corrected chi connectivity index (χ1v) is 6.31. The molecule has 0 saturated heterocycles. The second kappa shape index (κ2) is 6.81. The molecule has 0 bridgehead atoms. The summed E-state index contributed by atoms with van der Waals surface area (Å²) < 4.78 is 0. The maximum atomic E-state index is 9.57. The molecule has 1 aliphatic rings. The maximum Gasteiger partial charge on any atom is 0.116 e. The summed E-state index contributed by atoms with van der Waals surface area (Å²) in [6.45, 7) is 1.08. The van der Waals surface area contributed by atoms with Crippen LogP contribution in [0.5, 0.6) is 5.75 Å². The molecule has 2 nitrogen and oxygen atoms in total. The zero-order valence-corrected chi connectivity index (χ0v) is 11.9. The second-order valence-corrected chi connectivity index (χ2v) is 5.10. The Kier molecular flexibility index (Phi) is 5.70. The summed E-state index contributed by atoms with van der Waals surface area (Å²) in [5.41, 5.74) is 2.58. The summed E-state index contributed by atoms with van der Waals surface area (Å²) >= 11 is 0. The van der Waals surface area contributed by atoms with Crippen molar-refractivity contribution >= 4 is 18.0 Å². The zero-order chi connectivity index (χ0) is 12.3. The lowest BCUT2D eigenvalue weighted by atomic mass is 9.83. The third-order valence-corrected chi connectivity index (χ3v) is 3.33. The van der Waals surface area contributed by atoms with Crippen LogP contribution in [0, 0.1) is 5.92 Å². The highest BCUT2D eigenvalue weighted by Gasteiger charge is 2.19. The molecule has 2 rings (SSSR count). The van der Waals surface area contributed by atoms with Gasteiger partial charge in [-0.05, 0) is 62.5 Å². The SMILES string of the molecule is CN(C)C[C@@H]1CCCC=C1c1cccc(O)c1.Cl. The van der Waals surface area contributed by atoms with Gasteiger partial charge in [0.15, 0.2) is 0 Å². The van der Waals surface area contributed by atoms with Crippen LogP contribution in [0.3, 0.4) is 0 Å². The Balaban J connectivity index is 0.00000162. The summed E-state index contributed by atoms with van der Waals surface area (Å²) in [6.07, 6.45) is 6.03. The van der Waals surface area contributed by atoms with E-state index in [0.29, 0.717) is 11.7 Å². The van der Waals surface area contributed by atoms with Gasteiger partial charge in [0.1, 0.15) is 5.75 Å². The number of phenolic OH excluding ortho intramolecular Hbond substituents is 1. The Bertz CT molecular complexity index is 415. The van der Waals surface area contributed by atoms with Gasteiger partial charge in [0.2, 0.25) is 0 Å². The minimum absolute atomic E-state index is 0. The number of benzene rings is 1. The molecular weight excluding hydrogens is 246 g/mol. The summed E-state index contributed by atoms with van der Waals surface area (Å²) in [5.74, 6) is 0.957. The number of aromatic hydroxyl groups is 1.